The summed E-state index contributed by atoms with van der Waals surface area (Å²) in [6.45, 7) is 0. The van der Waals surface area contributed by atoms with Gasteiger partial charge in [0.2, 0.25) is 0 Å². The Hall–Kier alpha value is -1.66. The van der Waals surface area contributed by atoms with Crippen LogP contribution in [0.15, 0.2) is 35.0 Å². The summed E-state index contributed by atoms with van der Waals surface area (Å²) >= 11 is 2.57. The van der Waals surface area contributed by atoms with Crippen molar-refractivity contribution >= 4 is 34.6 Å². The monoisotopic (exact) mass is 286 g/mol. The second-order valence-corrected chi connectivity index (χ2v) is 5.04. The van der Waals surface area contributed by atoms with Gasteiger partial charge in [-0.1, -0.05) is 12.1 Å². The summed E-state index contributed by atoms with van der Waals surface area (Å²) in [6, 6.07) is 6.77. The number of hydrogen-bond acceptors (Lipinski definition) is 4. The summed E-state index contributed by atoms with van der Waals surface area (Å²) < 4.78 is 14.2. The molecule has 0 atom stereocenters. The number of carboxylic acids is 2. The van der Waals surface area contributed by atoms with Crippen LogP contribution >= 0.6 is 22.7 Å². The summed E-state index contributed by atoms with van der Waals surface area (Å²) in [6.07, 6.45) is -2.09. The van der Waals surface area contributed by atoms with E-state index in [1.54, 1.807) is 11.4 Å². The first-order valence-electron chi connectivity index (χ1n) is 5.85. The molecule has 18 heavy (non-hydrogen) atoms. The molecule has 2 aromatic rings. The van der Waals surface area contributed by atoms with Crippen LogP contribution in [-0.2, 0) is 22.4 Å². The summed E-state index contributed by atoms with van der Waals surface area (Å²) in [4.78, 5) is 21.6. The highest BCUT2D eigenvalue weighted by Gasteiger charge is 1.99. The molecule has 0 aliphatic carbocycles. The predicted molar refractivity (Wildman–Crippen MR) is 71.3 cm³/mol. The molecule has 4 nitrogen and oxygen atoms in total. The molecule has 6 heteroatoms. The molecule has 0 aromatic carbocycles. The third-order valence-electron chi connectivity index (χ3n) is 1.66. The summed E-state index contributed by atoms with van der Waals surface area (Å²) in [7, 11) is 0. The molecule has 0 saturated carbocycles. The van der Waals surface area contributed by atoms with Crippen LogP contribution in [-0.4, -0.2) is 22.2 Å². The first-order valence-corrected chi connectivity index (χ1v) is 6.61. The minimum Gasteiger partial charge on any atom is -0.481 e. The number of rotatable bonds is 4. The van der Waals surface area contributed by atoms with Gasteiger partial charge in [0.1, 0.15) is 0 Å². The molecule has 2 rings (SSSR count). The van der Waals surface area contributed by atoms with Crippen molar-refractivity contribution in [2.75, 3.05) is 0 Å². The lowest BCUT2D eigenvalue weighted by Gasteiger charge is -1.85. The van der Waals surface area contributed by atoms with Crippen molar-refractivity contribution in [1.82, 2.24) is 0 Å². The highest BCUT2D eigenvalue weighted by Crippen LogP contribution is 2.08. The highest BCUT2D eigenvalue weighted by molar-refractivity contribution is 7.10. The van der Waals surface area contributed by atoms with Crippen LogP contribution < -0.4 is 0 Å². The van der Waals surface area contributed by atoms with Gasteiger partial charge in [0.05, 0.1) is 12.8 Å². The van der Waals surface area contributed by atoms with Gasteiger partial charge in [0.25, 0.3) is 0 Å². The maximum absolute atomic E-state index is 10.4. The van der Waals surface area contributed by atoms with Crippen molar-refractivity contribution in [3.8, 4) is 0 Å². The Morgan fingerprint density at radius 1 is 1.06 bits per heavy atom. The average molecular weight is 286 g/mol. The van der Waals surface area contributed by atoms with Crippen LogP contribution in [0.25, 0.3) is 0 Å². The molecule has 0 unspecified atom stereocenters. The van der Waals surface area contributed by atoms with Crippen LogP contribution in [0, 0.1) is 0 Å². The van der Waals surface area contributed by atoms with E-state index < -0.39 is 18.3 Å². The second kappa shape index (κ2) is 7.62. The number of thiophene rings is 2. The highest BCUT2D eigenvalue weighted by atomic mass is 32.1. The SMILES string of the molecule is O=C(O)Cc1cccs1.[2H]C([2H])(C(=O)O)c1cccs1. The third kappa shape index (κ3) is 6.17. The molecule has 0 radical (unpaired) electrons. The molecule has 0 amide bonds. The van der Waals surface area contributed by atoms with Crippen molar-refractivity contribution in [2.24, 2.45) is 0 Å². The lowest BCUT2D eigenvalue weighted by molar-refractivity contribution is -0.137. The largest absolute Gasteiger partial charge is 0.481 e. The smallest absolute Gasteiger partial charge is 0.308 e. The Morgan fingerprint density at radius 2 is 1.61 bits per heavy atom. The van der Waals surface area contributed by atoms with Gasteiger partial charge in [0.15, 0.2) is 0 Å². The fourth-order valence-electron chi connectivity index (χ4n) is 1.02. The van der Waals surface area contributed by atoms with Gasteiger partial charge in [0, 0.05) is 12.5 Å². The van der Waals surface area contributed by atoms with E-state index in [0.717, 1.165) is 16.2 Å². The molecule has 0 bridgehead atoms. The molecule has 2 N–H and O–H groups in total. The second-order valence-electron chi connectivity index (χ2n) is 3.06. The van der Waals surface area contributed by atoms with Crippen LogP contribution in [0.1, 0.15) is 12.5 Å². The van der Waals surface area contributed by atoms with Gasteiger partial charge in [-0.15, -0.1) is 22.7 Å². The van der Waals surface area contributed by atoms with Crippen LogP contribution in [0.3, 0.4) is 0 Å². The number of carbonyl (C=O) groups is 2. The first-order chi connectivity index (χ1) is 9.34. The maximum Gasteiger partial charge on any atom is 0.308 e. The molecule has 0 spiro atoms. The number of hydrogen-bond donors (Lipinski definition) is 2. The zero-order valence-corrected chi connectivity index (χ0v) is 10.8. The Kier molecular flexibility index (Phi) is 4.84. The average Bonchev–Trinajstić information content (AvgIpc) is 3.00. The van der Waals surface area contributed by atoms with Crippen LogP contribution in [0.2, 0.25) is 0 Å². The molecule has 96 valence electrons. The van der Waals surface area contributed by atoms with E-state index in [-0.39, 0.29) is 11.3 Å². The van der Waals surface area contributed by atoms with E-state index in [1.165, 1.54) is 17.4 Å². The van der Waals surface area contributed by atoms with E-state index in [4.69, 9.17) is 13.0 Å². The Bertz CT molecular complexity index is 550. The van der Waals surface area contributed by atoms with Crippen molar-refractivity contribution in [2.45, 2.75) is 12.8 Å². The molecule has 0 aliphatic rings. The zero-order chi connectivity index (χ0) is 15.2. The number of aliphatic carboxylic acids is 2. The van der Waals surface area contributed by atoms with E-state index in [9.17, 15) is 9.59 Å². The van der Waals surface area contributed by atoms with Crippen molar-refractivity contribution in [1.29, 1.82) is 0 Å². The summed E-state index contributed by atoms with van der Waals surface area (Å²) in [5.74, 6) is -2.21. The van der Waals surface area contributed by atoms with E-state index in [0.29, 0.717) is 0 Å². The normalized spacial score (nSPS) is 11.8. The molecular formula is C12H12O4S2. The molecule has 0 saturated heterocycles. The van der Waals surface area contributed by atoms with Gasteiger partial charge in [-0.05, 0) is 22.9 Å². The Labute approximate surface area is 115 Å². The summed E-state index contributed by atoms with van der Waals surface area (Å²) in [5.41, 5.74) is 0. The lowest BCUT2D eigenvalue weighted by Crippen LogP contribution is -1.96. The van der Waals surface area contributed by atoms with Gasteiger partial charge in [-0.25, -0.2) is 0 Å². The van der Waals surface area contributed by atoms with Gasteiger partial charge < -0.3 is 10.2 Å². The van der Waals surface area contributed by atoms with Crippen molar-refractivity contribution < 1.29 is 22.5 Å². The standard InChI is InChI=1S/2C6H6O2S/c2*7-6(8)4-5-2-1-3-9-5/h2*1-3H,4H2,(H,7,8)/i4D2;. The third-order valence-corrected chi connectivity index (χ3v) is 3.32. The minimum absolute atomic E-state index is 0.150. The topological polar surface area (TPSA) is 74.6 Å². The minimum atomic E-state index is -2.24. The Morgan fingerprint density at radius 3 is 2.00 bits per heavy atom. The van der Waals surface area contributed by atoms with E-state index >= 15 is 0 Å². The van der Waals surface area contributed by atoms with Gasteiger partial charge in [-0.3, -0.25) is 9.59 Å². The van der Waals surface area contributed by atoms with Crippen molar-refractivity contribution in [3.05, 3.63) is 44.8 Å². The van der Waals surface area contributed by atoms with Gasteiger partial charge >= 0.3 is 11.9 Å². The molecule has 2 aromatic heterocycles. The van der Waals surface area contributed by atoms with Crippen LogP contribution in [0.5, 0.6) is 0 Å². The Balaban J connectivity index is 0.000000204. The van der Waals surface area contributed by atoms with E-state index in [2.05, 4.69) is 0 Å². The zero-order valence-electron chi connectivity index (χ0n) is 11.2. The van der Waals surface area contributed by atoms with E-state index in [1.807, 2.05) is 17.5 Å². The summed E-state index contributed by atoms with van der Waals surface area (Å²) in [5, 5.41) is 20.3. The molecule has 0 aliphatic heterocycles. The first kappa shape index (κ1) is 11.4. The fourth-order valence-corrected chi connectivity index (χ4v) is 2.32. The van der Waals surface area contributed by atoms with Crippen LogP contribution in [0.4, 0.5) is 0 Å². The molecule has 0 fully saturated rings. The molecular weight excluding hydrogens is 272 g/mol. The lowest BCUT2D eigenvalue weighted by atomic mass is 10.3. The predicted octanol–water partition coefficient (Wildman–Crippen LogP) is 2.75. The quantitative estimate of drug-likeness (QED) is 0.906. The molecule has 2 heterocycles. The fraction of sp³-hybridized carbons (Fsp3) is 0.167. The number of carboxylic acid groups (broad SMARTS) is 2. The maximum atomic E-state index is 10.4. The van der Waals surface area contributed by atoms with Gasteiger partial charge in [-0.2, -0.15) is 0 Å². The van der Waals surface area contributed by atoms with Crippen molar-refractivity contribution in [3.63, 3.8) is 0 Å².